The van der Waals surface area contributed by atoms with Crippen molar-refractivity contribution in [2.75, 3.05) is 6.61 Å². The highest BCUT2D eigenvalue weighted by Crippen LogP contribution is 2.14. The highest BCUT2D eigenvalue weighted by Gasteiger charge is 2.11. The fraction of sp³-hybridized carbons (Fsp3) is 0.429. The number of rotatable bonds is 4. The molecule has 0 bridgehead atoms. The van der Waals surface area contributed by atoms with Crippen LogP contribution < -0.4 is 0 Å². The van der Waals surface area contributed by atoms with Crippen LogP contribution in [0.1, 0.15) is 22.2 Å². The predicted molar refractivity (Wildman–Crippen MR) is 44.4 cm³/mol. The largest absolute Gasteiger partial charge is 0.478 e. The lowest BCUT2D eigenvalue weighted by atomic mass is 10.3. The number of hydrogen-bond acceptors (Lipinski definition) is 4. The molecule has 0 aromatic carbocycles. The van der Waals surface area contributed by atoms with Gasteiger partial charge in [-0.2, -0.15) is 4.37 Å². The lowest BCUT2D eigenvalue weighted by Gasteiger charge is -1.97. The fourth-order valence-electron chi connectivity index (χ4n) is 0.737. The van der Waals surface area contributed by atoms with Crippen LogP contribution in [-0.2, 0) is 11.3 Å². The Kier molecular flexibility index (Phi) is 3.19. The molecule has 0 aliphatic rings. The fourth-order valence-corrected chi connectivity index (χ4v) is 1.40. The number of aromatic carboxylic acids is 1. The lowest BCUT2D eigenvalue weighted by Crippen LogP contribution is -1.99. The second kappa shape index (κ2) is 4.18. The number of carboxylic acid groups (broad SMARTS) is 1. The van der Waals surface area contributed by atoms with Crippen molar-refractivity contribution in [1.82, 2.24) is 4.37 Å². The molecule has 0 spiro atoms. The standard InChI is InChI=1S/C7H9NO3S/c1-2-11-4-6-5(7(9)10)3-8-12-6/h3H,2,4H2,1H3,(H,9,10). The minimum absolute atomic E-state index is 0.244. The minimum atomic E-state index is -0.946. The summed E-state index contributed by atoms with van der Waals surface area (Å²) in [5, 5.41) is 8.66. The first-order valence-electron chi connectivity index (χ1n) is 3.50. The lowest BCUT2D eigenvalue weighted by molar-refractivity contribution is 0.0690. The molecule has 0 atom stereocenters. The Morgan fingerprint density at radius 1 is 1.83 bits per heavy atom. The third-order valence-electron chi connectivity index (χ3n) is 1.31. The average Bonchev–Trinajstić information content (AvgIpc) is 2.48. The third kappa shape index (κ3) is 2.02. The first kappa shape index (κ1) is 9.15. The van der Waals surface area contributed by atoms with E-state index in [4.69, 9.17) is 9.84 Å². The van der Waals surface area contributed by atoms with Crippen LogP contribution in [0.3, 0.4) is 0 Å². The number of carboxylic acids is 1. The molecule has 0 amide bonds. The van der Waals surface area contributed by atoms with Gasteiger partial charge in [-0.3, -0.25) is 0 Å². The van der Waals surface area contributed by atoms with Crippen molar-refractivity contribution < 1.29 is 14.6 Å². The van der Waals surface area contributed by atoms with Crippen molar-refractivity contribution in [3.8, 4) is 0 Å². The van der Waals surface area contributed by atoms with E-state index in [0.29, 0.717) is 18.1 Å². The van der Waals surface area contributed by atoms with Crippen LogP contribution in [-0.4, -0.2) is 22.1 Å². The molecule has 4 nitrogen and oxygen atoms in total. The summed E-state index contributed by atoms with van der Waals surface area (Å²) in [6.45, 7) is 2.78. The van der Waals surface area contributed by atoms with E-state index in [1.165, 1.54) is 6.20 Å². The molecule has 1 N–H and O–H groups in total. The van der Waals surface area contributed by atoms with Crippen LogP contribution in [0.25, 0.3) is 0 Å². The van der Waals surface area contributed by atoms with E-state index in [1.807, 2.05) is 6.92 Å². The molecule has 0 saturated heterocycles. The van der Waals surface area contributed by atoms with Crippen molar-refractivity contribution in [2.45, 2.75) is 13.5 Å². The molecule has 1 aromatic rings. The van der Waals surface area contributed by atoms with Crippen molar-refractivity contribution in [2.24, 2.45) is 0 Å². The van der Waals surface area contributed by atoms with Gasteiger partial charge in [-0.15, -0.1) is 0 Å². The summed E-state index contributed by atoms with van der Waals surface area (Å²) in [5.41, 5.74) is 0.244. The van der Waals surface area contributed by atoms with Crippen LogP contribution in [0.15, 0.2) is 6.20 Å². The second-order valence-corrected chi connectivity index (χ2v) is 2.99. The summed E-state index contributed by atoms with van der Waals surface area (Å²) in [4.78, 5) is 11.2. The zero-order chi connectivity index (χ0) is 8.97. The second-order valence-electron chi connectivity index (χ2n) is 2.10. The molecular formula is C7H9NO3S. The van der Waals surface area contributed by atoms with Gasteiger partial charge >= 0.3 is 5.97 Å². The Balaban J connectivity index is 2.70. The van der Waals surface area contributed by atoms with Gasteiger partial charge in [0.15, 0.2) is 0 Å². The molecule has 12 heavy (non-hydrogen) atoms. The number of carbonyl (C=O) groups is 1. The molecule has 0 unspecified atom stereocenters. The Morgan fingerprint density at radius 3 is 3.17 bits per heavy atom. The molecule has 0 aliphatic carbocycles. The first-order valence-corrected chi connectivity index (χ1v) is 4.27. The molecule has 0 saturated carbocycles. The highest BCUT2D eigenvalue weighted by molar-refractivity contribution is 7.06. The first-order chi connectivity index (χ1) is 5.75. The van der Waals surface area contributed by atoms with Gasteiger partial charge in [0.25, 0.3) is 0 Å². The summed E-state index contributed by atoms with van der Waals surface area (Å²) in [6, 6.07) is 0. The molecule has 0 fully saturated rings. The van der Waals surface area contributed by atoms with Gasteiger partial charge in [0, 0.05) is 6.61 Å². The van der Waals surface area contributed by atoms with Crippen molar-refractivity contribution in [3.63, 3.8) is 0 Å². The average molecular weight is 187 g/mol. The molecule has 1 rings (SSSR count). The summed E-state index contributed by atoms with van der Waals surface area (Å²) >= 11 is 1.16. The maximum Gasteiger partial charge on any atom is 0.338 e. The van der Waals surface area contributed by atoms with E-state index in [1.54, 1.807) is 0 Å². The highest BCUT2D eigenvalue weighted by atomic mass is 32.1. The zero-order valence-electron chi connectivity index (χ0n) is 6.61. The van der Waals surface area contributed by atoms with Gasteiger partial charge < -0.3 is 9.84 Å². The quantitative estimate of drug-likeness (QED) is 0.773. The molecule has 0 radical (unpaired) electrons. The zero-order valence-corrected chi connectivity index (χ0v) is 7.43. The molecule has 1 heterocycles. The minimum Gasteiger partial charge on any atom is -0.478 e. The topological polar surface area (TPSA) is 59.4 Å². The predicted octanol–water partition coefficient (Wildman–Crippen LogP) is 1.38. The SMILES string of the molecule is CCOCc1sncc1C(=O)O. The Bertz CT molecular complexity index is 271. The van der Waals surface area contributed by atoms with Gasteiger partial charge in [-0.25, -0.2) is 4.79 Å². The van der Waals surface area contributed by atoms with Crippen LogP contribution in [0, 0.1) is 0 Å². The van der Waals surface area contributed by atoms with Crippen molar-refractivity contribution >= 4 is 17.5 Å². The van der Waals surface area contributed by atoms with E-state index < -0.39 is 5.97 Å². The van der Waals surface area contributed by atoms with Crippen molar-refractivity contribution in [1.29, 1.82) is 0 Å². The third-order valence-corrected chi connectivity index (χ3v) is 2.08. The van der Waals surface area contributed by atoms with Crippen LogP contribution in [0.2, 0.25) is 0 Å². The van der Waals surface area contributed by atoms with Crippen LogP contribution in [0.4, 0.5) is 0 Å². The van der Waals surface area contributed by atoms with Gasteiger partial charge in [-0.1, -0.05) is 0 Å². The van der Waals surface area contributed by atoms with Gasteiger partial charge in [-0.05, 0) is 18.5 Å². The van der Waals surface area contributed by atoms with E-state index >= 15 is 0 Å². The molecule has 66 valence electrons. The Morgan fingerprint density at radius 2 is 2.58 bits per heavy atom. The van der Waals surface area contributed by atoms with E-state index in [-0.39, 0.29) is 5.56 Å². The van der Waals surface area contributed by atoms with Gasteiger partial charge in [0.2, 0.25) is 0 Å². The monoisotopic (exact) mass is 187 g/mol. The molecule has 0 aliphatic heterocycles. The number of ether oxygens (including phenoxy) is 1. The number of hydrogen-bond donors (Lipinski definition) is 1. The maximum absolute atomic E-state index is 10.6. The van der Waals surface area contributed by atoms with Gasteiger partial charge in [0.1, 0.15) is 0 Å². The van der Waals surface area contributed by atoms with Crippen LogP contribution >= 0.6 is 11.5 Å². The van der Waals surface area contributed by atoms with Crippen LogP contribution in [0.5, 0.6) is 0 Å². The Labute approximate surface area is 74.0 Å². The number of aromatic nitrogens is 1. The van der Waals surface area contributed by atoms with E-state index in [9.17, 15) is 4.79 Å². The van der Waals surface area contributed by atoms with E-state index in [2.05, 4.69) is 4.37 Å². The molecule has 1 aromatic heterocycles. The normalized spacial score (nSPS) is 10.1. The van der Waals surface area contributed by atoms with E-state index in [0.717, 1.165) is 11.5 Å². The van der Waals surface area contributed by atoms with Crippen molar-refractivity contribution in [3.05, 3.63) is 16.6 Å². The Hall–Kier alpha value is -0.940. The number of nitrogens with zero attached hydrogens (tertiary/aromatic N) is 1. The summed E-state index contributed by atoms with van der Waals surface area (Å²) in [7, 11) is 0. The maximum atomic E-state index is 10.6. The smallest absolute Gasteiger partial charge is 0.338 e. The summed E-state index contributed by atoms with van der Waals surface area (Å²) in [5.74, 6) is -0.946. The molecular weight excluding hydrogens is 178 g/mol. The summed E-state index contributed by atoms with van der Waals surface area (Å²) < 4.78 is 8.85. The van der Waals surface area contributed by atoms with Gasteiger partial charge in [0.05, 0.1) is 23.2 Å². The molecule has 5 heteroatoms. The summed E-state index contributed by atoms with van der Waals surface area (Å²) in [6.07, 6.45) is 1.35.